The van der Waals surface area contributed by atoms with Crippen molar-refractivity contribution in [2.45, 2.75) is 32.7 Å². The van der Waals surface area contributed by atoms with Crippen LogP contribution in [0.1, 0.15) is 39.9 Å². The number of carbonyl (C=O) groups excluding carboxylic acids is 1. The lowest BCUT2D eigenvalue weighted by Gasteiger charge is -2.32. The topological polar surface area (TPSA) is 32.3 Å². The molecule has 0 atom stereocenters. The predicted molar refractivity (Wildman–Crippen MR) is 124 cm³/mol. The molecule has 0 aromatic heterocycles. The maximum atomic E-state index is 12.5. The van der Waals surface area contributed by atoms with Gasteiger partial charge in [-0.3, -0.25) is 9.69 Å². The zero-order valence-corrected chi connectivity index (χ0v) is 17.7. The Morgan fingerprint density at radius 1 is 0.867 bits per heavy atom. The van der Waals surface area contributed by atoms with Crippen molar-refractivity contribution in [3.63, 3.8) is 0 Å². The van der Waals surface area contributed by atoms with E-state index < -0.39 is 0 Å². The molecule has 3 heteroatoms. The lowest BCUT2D eigenvalue weighted by Crippen LogP contribution is -2.33. The van der Waals surface area contributed by atoms with Crippen LogP contribution in [0.5, 0.6) is 0 Å². The van der Waals surface area contributed by atoms with E-state index in [4.69, 9.17) is 0 Å². The molecule has 1 amide bonds. The van der Waals surface area contributed by atoms with E-state index in [2.05, 4.69) is 52.7 Å². The normalized spacial score (nSPS) is 15.1. The summed E-state index contributed by atoms with van der Waals surface area (Å²) in [5, 5.41) is 2.96. The summed E-state index contributed by atoms with van der Waals surface area (Å²) in [6.45, 7) is 5.29. The van der Waals surface area contributed by atoms with Crippen LogP contribution in [0.4, 0.5) is 5.69 Å². The molecule has 0 saturated carbocycles. The highest BCUT2D eigenvalue weighted by molar-refractivity contribution is 6.04. The van der Waals surface area contributed by atoms with Crippen molar-refractivity contribution in [2.24, 2.45) is 5.92 Å². The summed E-state index contributed by atoms with van der Waals surface area (Å²) in [5.74, 6) is 0.726. The number of likely N-dealkylation sites (tertiary alicyclic amines) is 1. The molecule has 0 bridgehead atoms. The average Bonchev–Trinajstić information content (AvgIpc) is 2.78. The largest absolute Gasteiger partial charge is 0.322 e. The molecule has 1 fully saturated rings. The van der Waals surface area contributed by atoms with Crippen LogP contribution < -0.4 is 5.32 Å². The number of aryl methyl sites for hydroxylation is 1. The summed E-state index contributed by atoms with van der Waals surface area (Å²) < 4.78 is 0. The molecule has 30 heavy (non-hydrogen) atoms. The second-order valence-electron chi connectivity index (χ2n) is 8.43. The first-order valence-corrected chi connectivity index (χ1v) is 10.9. The van der Waals surface area contributed by atoms with Crippen LogP contribution >= 0.6 is 0 Å². The summed E-state index contributed by atoms with van der Waals surface area (Å²) in [6, 6.07) is 26.7. The number of anilines is 1. The fourth-order valence-electron chi connectivity index (χ4n) is 4.16. The van der Waals surface area contributed by atoms with Gasteiger partial charge in [0.15, 0.2) is 0 Å². The number of rotatable bonds is 6. The van der Waals surface area contributed by atoms with Crippen molar-refractivity contribution >= 4 is 11.6 Å². The minimum absolute atomic E-state index is 0.0628. The Bertz CT molecular complexity index is 940. The molecule has 0 radical (unpaired) electrons. The standard InChI is InChI=1S/C27H30N2O/c1-21-7-13-26(14-8-21)28-27(30)25-11-9-24(10-12-25)20-29-17-15-23(16-18-29)19-22-5-3-2-4-6-22/h2-14,23H,15-20H2,1H3,(H,28,30). The van der Waals surface area contributed by atoms with Gasteiger partial charge in [-0.05, 0) is 80.6 Å². The van der Waals surface area contributed by atoms with Crippen molar-refractivity contribution < 1.29 is 4.79 Å². The number of hydrogen-bond donors (Lipinski definition) is 1. The summed E-state index contributed by atoms with van der Waals surface area (Å²) in [6.07, 6.45) is 3.71. The molecule has 154 valence electrons. The maximum Gasteiger partial charge on any atom is 0.255 e. The molecule has 3 aromatic rings. The molecular weight excluding hydrogens is 368 g/mol. The highest BCUT2D eigenvalue weighted by Gasteiger charge is 2.19. The molecule has 0 spiro atoms. The number of nitrogens with one attached hydrogen (secondary N) is 1. The quantitative estimate of drug-likeness (QED) is 0.577. The lowest BCUT2D eigenvalue weighted by molar-refractivity contribution is 0.102. The molecule has 1 N–H and O–H groups in total. The number of piperidine rings is 1. The molecular formula is C27H30N2O. The van der Waals surface area contributed by atoms with E-state index in [0.717, 1.165) is 31.2 Å². The molecule has 1 saturated heterocycles. The monoisotopic (exact) mass is 398 g/mol. The van der Waals surface area contributed by atoms with E-state index >= 15 is 0 Å². The molecule has 4 rings (SSSR count). The minimum Gasteiger partial charge on any atom is -0.322 e. The van der Waals surface area contributed by atoms with E-state index in [1.54, 1.807) is 0 Å². The van der Waals surface area contributed by atoms with Crippen molar-refractivity contribution in [3.05, 3.63) is 101 Å². The molecule has 1 aliphatic heterocycles. The van der Waals surface area contributed by atoms with Crippen molar-refractivity contribution in [2.75, 3.05) is 18.4 Å². The van der Waals surface area contributed by atoms with Gasteiger partial charge in [0.2, 0.25) is 0 Å². The molecule has 1 aliphatic rings. The van der Waals surface area contributed by atoms with E-state index in [9.17, 15) is 4.79 Å². The van der Waals surface area contributed by atoms with E-state index in [1.165, 1.54) is 36.0 Å². The number of hydrogen-bond acceptors (Lipinski definition) is 2. The van der Waals surface area contributed by atoms with Gasteiger partial charge >= 0.3 is 0 Å². The van der Waals surface area contributed by atoms with Gasteiger partial charge in [-0.1, -0.05) is 60.2 Å². The first-order valence-electron chi connectivity index (χ1n) is 10.9. The second-order valence-corrected chi connectivity index (χ2v) is 8.43. The summed E-state index contributed by atoms with van der Waals surface area (Å²) in [7, 11) is 0. The molecule has 3 nitrogen and oxygen atoms in total. The predicted octanol–water partition coefficient (Wildman–Crippen LogP) is 5.70. The Morgan fingerprint density at radius 2 is 1.53 bits per heavy atom. The Balaban J connectivity index is 1.25. The van der Waals surface area contributed by atoms with E-state index in [0.29, 0.717) is 5.56 Å². The van der Waals surface area contributed by atoms with E-state index in [1.807, 2.05) is 43.3 Å². The maximum absolute atomic E-state index is 12.5. The molecule has 3 aromatic carbocycles. The summed E-state index contributed by atoms with van der Waals surface area (Å²) in [5.41, 5.74) is 5.43. The van der Waals surface area contributed by atoms with Crippen LogP contribution in [0, 0.1) is 12.8 Å². The molecule has 1 heterocycles. The highest BCUT2D eigenvalue weighted by atomic mass is 16.1. The van der Waals surface area contributed by atoms with Gasteiger partial charge in [0.25, 0.3) is 5.91 Å². The van der Waals surface area contributed by atoms with Gasteiger partial charge in [-0.25, -0.2) is 0 Å². The third-order valence-corrected chi connectivity index (χ3v) is 6.01. The van der Waals surface area contributed by atoms with Gasteiger partial charge in [0.1, 0.15) is 0 Å². The van der Waals surface area contributed by atoms with Gasteiger partial charge in [-0.15, -0.1) is 0 Å². The van der Waals surface area contributed by atoms with Crippen LogP contribution in [0.15, 0.2) is 78.9 Å². The molecule has 0 unspecified atom stereocenters. The van der Waals surface area contributed by atoms with Crippen LogP contribution in [0.25, 0.3) is 0 Å². The van der Waals surface area contributed by atoms with Crippen LogP contribution in [0.2, 0.25) is 0 Å². The summed E-state index contributed by atoms with van der Waals surface area (Å²) in [4.78, 5) is 15.0. The SMILES string of the molecule is Cc1ccc(NC(=O)c2ccc(CN3CCC(Cc4ccccc4)CC3)cc2)cc1. The summed E-state index contributed by atoms with van der Waals surface area (Å²) >= 11 is 0. The number of nitrogens with zero attached hydrogens (tertiary/aromatic N) is 1. The lowest BCUT2D eigenvalue weighted by atomic mass is 9.90. The zero-order valence-electron chi connectivity index (χ0n) is 17.7. The Kier molecular flexibility index (Phi) is 6.60. The second kappa shape index (κ2) is 9.73. The van der Waals surface area contributed by atoms with Gasteiger partial charge in [-0.2, -0.15) is 0 Å². The fraction of sp³-hybridized carbons (Fsp3) is 0.296. The Morgan fingerprint density at radius 3 is 2.20 bits per heavy atom. The Hall–Kier alpha value is -2.91. The highest BCUT2D eigenvalue weighted by Crippen LogP contribution is 2.23. The number of benzene rings is 3. The van der Waals surface area contributed by atoms with E-state index in [-0.39, 0.29) is 5.91 Å². The fourth-order valence-corrected chi connectivity index (χ4v) is 4.16. The van der Waals surface area contributed by atoms with Gasteiger partial charge in [0.05, 0.1) is 0 Å². The van der Waals surface area contributed by atoms with Crippen molar-refractivity contribution in [1.29, 1.82) is 0 Å². The van der Waals surface area contributed by atoms with Crippen LogP contribution in [-0.2, 0) is 13.0 Å². The molecule has 0 aliphatic carbocycles. The number of amides is 1. The number of carbonyl (C=O) groups is 1. The zero-order chi connectivity index (χ0) is 20.8. The van der Waals surface area contributed by atoms with Crippen LogP contribution in [-0.4, -0.2) is 23.9 Å². The van der Waals surface area contributed by atoms with Crippen LogP contribution in [0.3, 0.4) is 0 Å². The minimum atomic E-state index is -0.0628. The first kappa shape index (κ1) is 20.4. The first-order chi connectivity index (χ1) is 14.7. The van der Waals surface area contributed by atoms with Crippen molar-refractivity contribution in [1.82, 2.24) is 4.90 Å². The Labute approximate surface area is 179 Å². The van der Waals surface area contributed by atoms with Crippen molar-refractivity contribution in [3.8, 4) is 0 Å². The third-order valence-electron chi connectivity index (χ3n) is 6.01. The smallest absolute Gasteiger partial charge is 0.255 e. The van der Waals surface area contributed by atoms with Gasteiger partial charge < -0.3 is 5.32 Å². The van der Waals surface area contributed by atoms with Gasteiger partial charge in [0, 0.05) is 17.8 Å². The third kappa shape index (κ3) is 5.58. The average molecular weight is 399 g/mol.